The number of methoxy groups -OCH3 is 1. The number of carbonyl (C=O) groups excluding carboxylic acids is 2. The van der Waals surface area contributed by atoms with E-state index in [-0.39, 0.29) is 23.7 Å². The molecule has 0 spiro atoms. The molecule has 2 aromatic rings. The van der Waals surface area contributed by atoms with Gasteiger partial charge in [0.2, 0.25) is 0 Å². The van der Waals surface area contributed by atoms with Gasteiger partial charge < -0.3 is 15.0 Å². The van der Waals surface area contributed by atoms with Crippen LogP contribution in [0, 0.1) is 13.8 Å². The Morgan fingerprint density at radius 2 is 1.81 bits per heavy atom. The second-order valence-electron chi connectivity index (χ2n) is 6.67. The zero-order valence-electron chi connectivity index (χ0n) is 16.4. The topological polar surface area (TPSA) is 71.2 Å². The van der Waals surface area contributed by atoms with Crippen LogP contribution in [0.25, 0.3) is 0 Å². The maximum atomic E-state index is 12.9. The van der Waals surface area contributed by atoms with Crippen molar-refractivity contribution in [2.75, 3.05) is 7.11 Å². The van der Waals surface area contributed by atoms with Gasteiger partial charge in [-0.05, 0) is 57.4 Å². The first-order valence-electron chi connectivity index (χ1n) is 8.94. The van der Waals surface area contributed by atoms with Crippen LogP contribution < -0.4 is 10.1 Å². The van der Waals surface area contributed by atoms with Crippen molar-refractivity contribution < 1.29 is 14.3 Å². The molecule has 0 saturated heterocycles. The minimum atomic E-state index is -0.376. The third kappa shape index (κ3) is 4.05. The molecule has 0 unspecified atom stereocenters. The highest BCUT2D eigenvalue weighted by molar-refractivity contribution is 6.05. The Hall–Kier alpha value is -2.40. The largest absolute Gasteiger partial charge is 0.497 e. The van der Waals surface area contributed by atoms with Crippen LogP contribution >= 0.6 is 0 Å². The van der Waals surface area contributed by atoms with Crippen molar-refractivity contribution in [2.45, 2.75) is 53.1 Å². The Labute approximate surface area is 155 Å². The quantitative estimate of drug-likeness (QED) is 0.697. The van der Waals surface area contributed by atoms with Crippen molar-refractivity contribution in [1.82, 2.24) is 10.3 Å². The third-order valence-electron chi connectivity index (χ3n) is 4.81. The van der Waals surface area contributed by atoms with Crippen LogP contribution in [-0.2, 0) is 0 Å². The minimum Gasteiger partial charge on any atom is -0.497 e. The van der Waals surface area contributed by atoms with Crippen molar-refractivity contribution in [3.05, 3.63) is 52.3 Å². The molecule has 0 aliphatic heterocycles. The number of Topliss-reactive ketones (excluding diaryl/α,β-unsaturated/α-hetero) is 2. The van der Waals surface area contributed by atoms with Crippen LogP contribution in [-0.4, -0.2) is 29.7 Å². The molecule has 0 fully saturated rings. The number of aromatic nitrogens is 1. The maximum absolute atomic E-state index is 12.9. The monoisotopic (exact) mass is 356 g/mol. The van der Waals surface area contributed by atoms with E-state index in [4.69, 9.17) is 4.74 Å². The van der Waals surface area contributed by atoms with Gasteiger partial charge in [-0.15, -0.1) is 0 Å². The second-order valence-corrected chi connectivity index (χ2v) is 6.67. The molecular weight excluding hydrogens is 328 g/mol. The highest BCUT2D eigenvalue weighted by Crippen LogP contribution is 2.23. The SMILES string of the molecule is CC[C@H](N[C@@H](C)C(=O)c1[nH]c(C)c(C(C)=O)c1C)c1ccc(OC)cc1. The van der Waals surface area contributed by atoms with E-state index in [1.54, 1.807) is 7.11 Å². The van der Waals surface area contributed by atoms with Gasteiger partial charge in [-0.25, -0.2) is 0 Å². The molecule has 2 atom stereocenters. The molecule has 0 saturated carbocycles. The molecule has 1 heterocycles. The Balaban J connectivity index is 2.19. The first-order valence-corrected chi connectivity index (χ1v) is 8.94. The predicted octanol–water partition coefficient (Wildman–Crippen LogP) is 4.15. The molecule has 1 aromatic carbocycles. The Kier molecular flexibility index (Phi) is 6.37. The Bertz CT molecular complexity index is 790. The lowest BCUT2D eigenvalue weighted by atomic mass is 10.00. The van der Waals surface area contributed by atoms with Gasteiger partial charge in [-0.1, -0.05) is 19.1 Å². The number of rotatable bonds is 8. The number of H-pyrrole nitrogens is 1. The van der Waals surface area contributed by atoms with E-state index in [1.165, 1.54) is 6.92 Å². The summed E-state index contributed by atoms with van der Waals surface area (Å²) in [5.74, 6) is 0.743. The van der Waals surface area contributed by atoms with Gasteiger partial charge in [0, 0.05) is 17.3 Å². The molecule has 5 nitrogen and oxygen atoms in total. The zero-order valence-corrected chi connectivity index (χ0v) is 16.4. The van der Waals surface area contributed by atoms with Gasteiger partial charge in [-0.2, -0.15) is 0 Å². The summed E-state index contributed by atoms with van der Waals surface area (Å²) in [6, 6.07) is 7.54. The molecule has 0 aliphatic carbocycles. The van der Waals surface area contributed by atoms with Crippen LogP contribution in [0.1, 0.15) is 70.9 Å². The first-order chi connectivity index (χ1) is 12.3. The number of nitrogens with one attached hydrogen (secondary N) is 2. The van der Waals surface area contributed by atoms with Gasteiger partial charge in [0.05, 0.1) is 18.8 Å². The summed E-state index contributed by atoms with van der Waals surface area (Å²) in [6.07, 6.45) is 0.853. The van der Waals surface area contributed by atoms with Crippen LogP contribution in [0.15, 0.2) is 24.3 Å². The summed E-state index contributed by atoms with van der Waals surface area (Å²) >= 11 is 0. The van der Waals surface area contributed by atoms with E-state index in [9.17, 15) is 9.59 Å². The van der Waals surface area contributed by atoms with Gasteiger partial charge in [0.25, 0.3) is 0 Å². The molecule has 0 radical (unpaired) electrons. The summed E-state index contributed by atoms with van der Waals surface area (Å²) < 4.78 is 5.20. The number of hydrogen-bond acceptors (Lipinski definition) is 4. The molecule has 0 aliphatic rings. The van der Waals surface area contributed by atoms with E-state index in [0.717, 1.165) is 29.0 Å². The Morgan fingerprint density at radius 3 is 2.27 bits per heavy atom. The number of ketones is 2. The predicted molar refractivity (Wildman–Crippen MR) is 103 cm³/mol. The first kappa shape index (κ1) is 19.9. The summed E-state index contributed by atoms with van der Waals surface area (Å²) in [5.41, 5.74) is 3.70. The minimum absolute atomic E-state index is 0.0272. The van der Waals surface area contributed by atoms with E-state index >= 15 is 0 Å². The van der Waals surface area contributed by atoms with Crippen molar-refractivity contribution in [2.24, 2.45) is 0 Å². The summed E-state index contributed by atoms with van der Waals surface area (Å²) in [4.78, 5) is 27.8. The number of hydrogen-bond donors (Lipinski definition) is 2. The molecule has 0 amide bonds. The Morgan fingerprint density at radius 1 is 1.19 bits per heavy atom. The van der Waals surface area contributed by atoms with Gasteiger partial charge >= 0.3 is 0 Å². The molecule has 2 rings (SSSR count). The molecular formula is C21H28N2O3. The van der Waals surface area contributed by atoms with Gasteiger partial charge in [0.1, 0.15) is 5.75 Å². The molecule has 0 bridgehead atoms. The summed E-state index contributed by atoms with van der Waals surface area (Å²) in [7, 11) is 1.64. The van der Waals surface area contributed by atoms with Crippen molar-refractivity contribution in [3.8, 4) is 5.75 Å². The van der Waals surface area contributed by atoms with Crippen molar-refractivity contribution >= 4 is 11.6 Å². The number of aromatic amines is 1. The fraction of sp³-hybridized carbons (Fsp3) is 0.429. The smallest absolute Gasteiger partial charge is 0.195 e. The van der Waals surface area contributed by atoms with Crippen LogP contribution in [0.3, 0.4) is 0 Å². The second kappa shape index (κ2) is 8.32. The molecule has 1 aromatic heterocycles. The average molecular weight is 356 g/mol. The van der Waals surface area contributed by atoms with Crippen molar-refractivity contribution in [1.29, 1.82) is 0 Å². The van der Waals surface area contributed by atoms with Gasteiger partial charge in [0.15, 0.2) is 11.6 Å². The molecule has 2 N–H and O–H groups in total. The van der Waals surface area contributed by atoms with Gasteiger partial charge in [-0.3, -0.25) is 9.59 Å². The highest BCUT2D eigenvalue weighted by atomic mass is 16.5. The lowest BCUT2D eigenvalue weighted by Crippen LogP contribution is -2.37. The van der Waals surface area contributed by atoms with E-state index in [2.05, 4.69) is 17.2 Å². The number of carbonyl (C=O) groups is 2. The fourth-order valence-electron chi connectivity index (χ4n) is 3.40. The molecule has 140 valence electrons. The zero-order chi connectivity index (χ0) is 19.4. The number of ether oxygens (including phenoxy) is 1. The fourth-order valence-corrected chi connectivity index (χ4v) is 3.40. The maximum Gasteiger partial charge on any atom is 0.195 e. The summed E-state index contributed by atoms with van der Waals surface area (Å²) in [5, 5.41) is 3.41. The van der Waals surface area contributed by atoms with Crippen molar-refractivity contribution in [3.63, 3.8) is 0 Å². The third-order valence-corrected chi connectivity index (χ3v) is 4.81. The summed E-state index contributed by atoms with van der Waals surface area (Å²) in [6.45, 7) is 9.11. The normalized spacial score (nSPS) is 13.3. The molecule has 26 heavy (non-hydrogen) atoms. The van der Waals surface area contributed by atoms with Crippen LogP contribution in [0.2, 0.25) is 0 Å². The molecule has 5 heteroatoms. The van der Waals surface area contributed by atoms with Crippen LogP contribution in [0.4, 0.5) is 0 Å². The average Bonchev–Trinajstić information content (AvgIpc) is 2.93. The standard InChI is InChI=1S/C21H28N2O3/c1-7-18(16-8-10-17(26-6)11-9-16)22-14(4)21(25)20-12(2)19(15(5)24)13(3)23-20/h8-11,14,18,22-23H,7H2,1-6H3/t14-,18-/m0/s1. The van der Waals surface area contributed by atoms with E-state index in [1.807, 2.05) is 45.0 Å². The number of aryl methyl sites for hydroxylation is 1. The van der Waals surface area contributed by atoms with Crippen LogP contribution in [0.5, 0.6) is 5.75 Å². The lowest BCUT2D eigenvalue weighted by Gasteiger charge is -2.22. The number of benzene rings is 1. The lowest BCUT2D eigenvalue weighted by molar-refractivity contribution is 0.0938. The van der Waals surface area contributed by atoms with E-state index < -0.39 is 0 Å². The van der Waals surface area contributed by atoms with E-state index in [0.29, 0.717) is 11.3 Å². The highest BCUT2D eigenvalue weighted by Gasteiger charge is 2.25.